The number of rotatable bonds is 9. The lowest BCUT2D eigenvalue weighted by atomic mass is 9.99. The number of halogens is 1. The van der Waals surface area contributed by atoms with E-state index in [2.05, 4.69) is 153 Å². The highest BCUT2D eigenvalue weighted by Crippen LogP contribution is 2.43. The van der Waals surface area contributed by atoms with Crippen LogP contribution in [0.25, 0.3) is 21.9 Å². The van der Waals surface area contributed by atoms with Gasteiger partial charge in [0.25, 0.3) is 0 Å². The second-order valence-corrected chi connectivity index (χ2v) is 12.1. The van der Waals surface area contributed by atoms with Gasteiger partial charge in [-0.1, -0.05) is 70.5 Å². The van der Waals surface area contributed by atoms with Crippen molar-refractivity contribution in [3.63, 3.8) is 0 Å². The Bertz CT molecular complexity index is 2010. The van der Waals surface area contributed by atoms with Gasteiger partial charge in [-0.05, 0) is 131 Å². The third-order valence-corrected chi connectivity index (χ3v) is 8.74. The third kappa shape index (κ3) is 6.44. The van der Waals surface area contributed by atoms with E-state index in [9.17, 15) is 0 Å². The van der Waals surface area contributed by atoms with E-state index in [1.54, 1.807) is 14.2 Å². The van der Waals surface area contributed by atoms with Crippen LogP contribution in [0.4, 0.5) is 34.1 Å². The molecule has 4 nitrogen and oxygen atoms in total. The highest BCUT2D eigenvalue weighted by Gasteiger charge is 2.19. The highest BCUT2D eigenvalue weighted by atomic mass is 79.9. The summed E-state index contributed by atoms with van der Waals surface area (Å²) in [5.74, 6) is 1.63. The zero-order chi connectivity index (χ0) is 32.2. The zero-order valence-electron chi connectivity index (χ0n) is 26.2. The molecule has 0 radical (unpaired) electrons. The van der Waals surface area contributed by atoms with Crippen molar-refractivity contribution in [3.8, 4) is 22.6 Å². The van der Waals surface area contributed by atoms with E-state index >= 15 is 0 Å². The van der Waals surface area contributed by atoms with E-state index in [0.29, 0.717) is 0 Å². The van der Waals surface area contributed by atoms with Crippen molar-refractivity contribution in [2.75, 3.05) is 24.0 Å². The summed E-state index contributed by atoms with van der Waals surface area (Å²) in [6.45, 7) is 0. The molecule has 0 heterocycles. The van der Waals surface area contributed by atoms with Crippen molar-refractivity contribution >= 4 is 60.8 Å². The molecule has 5 heteroatoms. The molecule has 0 unspecified atom stereocenters. The molecule has 0 aromatic heterocycles. The molecule has 7 rings (SSSR count). The summed E-state index contributed by atoms with van der Waals surface area (Å²) in [7, 11) is 3.39. The fourth-order valence-corrected chi connectivity index (χ4v) is 6.31. The Morgan fingerprint density at radius 3 is 1.32 bits per heavy atom. The third-order valence-electron chi connectivity index (χ3n) is 8.24. The Balaban J connectivity index is 1.48. The molecule has 0 atom stereocenters. The minimum absolute atomic E-state index is 0.814. The van der Waals surface area contributed by atoms with Crippen molar-refractivity contribution in [1.82, 2.24) is 0 Å². The number of anilines is 6. The number of fused-ring (bicyclic) bond motifs is 1. The Labute approximate surface area is 284 Å². The average Bonchev–Trinajstić information content (AvgIpc) is 3.13. The normalized spacial score (nSPS) is 10.9. The first-order valence-electron chi connectivity index (χ1n) is 15.4. The van der Waals surface area contributed by atoms with Crippen LogP contribution in [0.15, 0.2) is 168 Å². The van der Waals surface area contributed by atoms with Crippen molar-refractivity contribution < 1.29 is 9.47 Å². The molecule has 0 aliphatic carbocycles. The maximum absolute atomic E-state index is 5.51. The number of para-hydroxylation sites is 2. The molecule has 47 heavy (non-hydrogen) atoms. The summed E-state index contributed by atoms with van der Waals surface area (Å²) >= 11 is 3.63. The van der Waals surface area contributed by atoms with Gasteiger partial charge in [0.2, 0.25) is 0 Å². The fourth-order valence-electron chi connectivity index (χ4n) is 5.93. The van der Waals surface area contributed by atoms with Gasteiger partial charge >= 0.3 is 0 Å². The van der Waals surface area contributed by atoms with Crippen LogP contribution in [0, 0.1) is 0 Å². The molecule has 0 aliphatic heterocycles. The first-order chi connectivity index (χ1) is 23.1. The summed E-state index contributed by atoms with van der Waals surface area (Å²) in [5, 5.41) is 2.37. The minimum atomic E-state index is 0.814. The standard InChI is InChI=1S/C42H33BrN2O2/c1-46-41-21-17-37(18-22-41)44(35-9-5-3-6-10-35)39-27-33(31-13-14-32-26-34(43)16-15-30(32)25-31)28-40(29-39)45(36-11-7-4-8-12-36)38-19-23-42(47-2)24-20-38/h3-29H,1-2H3. The van der Waals surface area contributed by atoms with Crippen LogP contribution in [0.2, 0.25) is 0 Å². The largest absolute Gasteiger partial charge is 0.497 e. The van der Waals surface area contributed by atoms with Gasteiger partial charge in [-0.3, -0.25) is 0 Å². The van der Waals surface area contributed by atoms with E-state index in [1.807, 2.05) is 36.4 Å². The van der Waals surface area contributed by atoms with Crippen molar-refractivity contribution in [2.45, 2.75) is 0 Å². The molecule has 7 aromatic rings. The second-order valence-electron chi connectivity index (χ2n) is 11.2. The van der Waals surface area contributed by atoms with Gasteiger partial charge in [0.1, 0.15) is 11.5 Å². The lowest BCUT2D eigenvalue weighted by Crippen LogP contribution is -2.13. The summed E-state index contributed by atoms with van der Waals surface area (Å²) < 4.78 is 12.1. The lowest BCUT2D eigenvalue weighted by molar-refractivity contribution is 0.414. The Morgan fingerprint density at radius 1 is 0.383 bits per heavy atom. The van der Waals surface area contributed by atoms with Gasteiger partial charge in [-0.15, -0.1) is 0 Å². The Hall–Kier alpha value is -5.52. The SMILES string of the molecule is COc1ccc(N(c2ccccc2)c2cc(-c3ccc4cc(Br)ccc4c3)cc(N(c3ccccc3)c3ccc(OC)cc3)c2)cc1. The monoisotopic (exact) mass is 676 g/mol. The van der Waals surface area contributed by atoms with Crippen LogP contribution < -0.4 is 19.3 Å². The van der Waals surface area contributed by atoms with Crippen LogP contribution >= 0.6 is 15.9 Å². The molecule has 0 spiro atoms. The number of methoxy groups -OCH3 is 2. The van der Waals surface area contributed by atoms with Crippen LogP contribution in [-0.4, -0.2) is 14.2 Å². The van der Waals surface area contributed by atoms with E-state index < -0.39 is 0 Å². The molecule has 0 aliphatic rings. The molecule has 0 amide bonds. The van der Waals surface area contributed by atoms with Crippen LogP contribution in [-0.2, 0) is 0 Å². The highest BCUT2D eigenvalue weighted by molar-refractivity contribution is 9.10. The van der Waals surface area contributed by atoms with Crippen molar-refractivity contribution in [2.24, 2.45) is 0 Å². The molecule has 0 saturated carbocycles. The van der Waals surface area contributed by atoms with E-state index in [0.717, 1.165) is 61.2 Å². The van der Waals surface area contributed by atoms with Crippen LogP contribution in [0.5, 0.6) is 11.5 Å². The second kappa shape index (κ2) is 13.5. The summed E-state index contributed by atoms with van der Waals surface area (Å²) in [5.41, 5.74) is 8.45. The summed E-state index contributed by atoms with van der Waals surface area (Å²) in [6, 6.07) is 57.3. The van der Waals surface area contributed by atoms with Gasteiger partial charge < -0.3 is 19.3 Å². The van der Waals surface area contributed by atoms with Crippen molar-refractivity contribution in [3.05, 3.63) is 168 Å². The smallest absolute Gasteiger partial charge is 0.119 e. The predicted octanol–water partition coefficient (Wildman–Crippen LogP) is 12.2. The van der Waals surface area contributed by atoms with E-state index in [1.165, 1.54) is 10.8 Å². The number of hydrogen-bond acceptors (Lipinski definition) is 4. The van der Waals surface area contributed by atoms with Crippen LogP contribution in [0.3, 0.4) is 0 Å². The molecular formula is C42H33BrN2O2. The lowest BCUT2D eigenvalue weighted by Gasteiger charge is -2.30. The predicted molar refractivity (Wildman–Crippen MR) is 200 cm³/mol. The van der Waals surface area contributed by atoms with Gasteiger partial charge in [0.05, 0.1) is 14.2 Å². The molecule has 7 aromatic carbocycles. The molecule has 0 bridgehead atoms. The van der Waals surface area contributed by atoms with Gasteiger partial charge in [-0.2, -0.15) is 0 Å². The minimum Gasteiger partial charge on any atom is -0.497 e. The van der Waals surface area contributed by atoms with Crippen molar-refractivity contribution in [1.29, 1.82) is 0 Å². The molecule has 0 N–H and O–H groups in total. The van der Waals surface area contributed by atoms with E-state index in [-0.39, 0.29) is 0 Å². The molecule has 0 saturated heterocycles. The Kier molecular flexibility index (Phi) is 8.63. The number of nitrogens with zero attached hydrogens (tertiary/aromatic N) is 2. The fraction of sp³-hybridized carbons (Fsp3) is 0.0476. The quantitative estimate of drug-likeness (QED) is 0.152. The Morgan fingerprint density at radius 2 is 0.830 bits per heavy atom. The summed E-state index contributed by atoms with van der Waals surface area (Å²) in [4.78, 5) is 4.59. The van der Waals surface area contributed by atoms with Gasteiger partial charge in [-0.25, -0.2) is 0 Å². The maximum atomic E-state index is 5.51. The van der Waals surface area contributed by atoms with Gasteiger partial charge in [0.15, 0.2) is 0 Å². The average molecular weight is 678 g/mol. The first kappa shape index (κ1) is 30.2. The number of hydrogen-bond donors (Lipinski definition) is 0. The van der Waals surface area contributed by atoms with E-state index in [4.69, 9.17) is 9.47 Å². The number of ether oxygens (including phenoxy) is 2. The molecule has 230 valence electrons. The topological polar surface area (TPSA) is 24.9 Å². The molecule has 0 fully saturated rings. The zero-order valence-corrected chi connectivity index (χ0v) is 27.8. The van der Waals surface area contributed by atoms with Gasteiger partial charge in [0, 0.05) is 38.6 Å². The summed E-state index contributed by atoms with van der Waals surface area (Å²) in [6.07, 6.45) is 0. The first-order valence-corrected chi connectivity index (χ1v) is 16.2. The van der Waals surface area contributed by atoms with Crippen LogP contribution in [0.1, 0.15) is 0 Å². The maximum Gasteiger partial charge on any atom is 0.119 e. The number of benzene rings is 7. The molecular weight excluding hydrogens is 644 g/mol.